The van der Waals surface area contributed by atoms with Crippen LogP contribution in [0.5, 0.6) is 0 Å². The second-order valence-electron chi connectivity index (χ2n) is 2.92. The molecule has 4 nitrogen and oxygen atoms in total. The van der Waals surface area contributed by atoms with Crippen LogP contribution in [0, 0.1) is 0 Å². The van der Waals surface area contributed by atoms with Gasteiger partial charge in [0.1, 0.15) is 0 Å². The van der Waals surface area contributed by atoms with Gasteiger partial charge in [-0.05, 0) is 12.8 Å². The van der Waals surface area contributed by atoms with Gasteiger partial charge < -0.3 is 9.32 Å². The molecule has 2 heterocycles. The maximum atomic E-state index is 12.1. The molecular weight excluding hydrogens is 180 g/mol. The first kappa shape index (κ1) is 8.40. The van der Waals surface area contributed by atoms with Crippen LogP contribution in [0.15, 0.2) is 4.42 Å². The second-order valence-corrected chi connectivity index (χ2v) is 2.92. The first-order valence-corrected chi connectivity index (χ1v) is 4.14. The van der Waals surface area contributed by atoms with Gasteiger partial charge >= 0.3 is 12.4 Å². The van der Waals surface area contributed by atoms with Gasteiger partial charge in [-0.15, -0.1) is 5.10 Å². The van der Waals surface area contributed by atoms with E-state index in [2.05, 4.69) is 10.2 Å². The van der Waals surface area contributed by atoms with Crippen molar-refractivity contribution in [1.82, 2.24) is 10.2 Å². The number of hydrogen-bond donors (Lipinski definition) is 0. The molecule has 2 rings (SSSR count). The van der Waals surface area contributed by atoms with Crippen LogP contribution in [0.25, 0.3) is 0 Å². The number of rotatable bonds is 2. The first-order valence-electron chi connectivity index (χ1n) is 4.14. The monoisotopic (exact) mass is 189 g/mol. The average molecular weight is 189 g/mol. The maximum absolute atomic E-state index is 12.1. The predicted molar refractivity (Wildman–Crippen MR) is 40.7 cm³/mol. The largest absolute Gasteiger partial charge is 0.402 e. The standard InChI is InChI=1S/C7H9F2N3O/c8-5(9)6-10-11-7(13-6)12-3-1-2-4-12/h5H,1-4H2. The van der Waals surface area contributed by atoms with E-state index in [1.54, 1.807) is 0 Å². The third-order valence-electron chi connectivity index (χ3n) is 1.99. The SMILES string of the molecule is FC(F)c1nnc(N2CCCC2)o1. The smallest absolute Gasteiger partial charge is 0.318 e. The van der Waals surface area contributed by atoms with Crippen LogP contribution < -0.4 is 4.90 Å². The summed E-state index contributed by atoms with van der Waals surface area (Å²) in [6, 6.07) is 0.216. The predicted octanol–water partition coefficient (Wildman–Crippen LogP) is 1.61. The van der Waals surface area contributed by atoms with Crippen LogP contribution in [0.1, 0.15) is 25.2 Å². The number of anilines is 1. The Hall–Kier alpha value is -1.20. The summed E-state index contributed by atoms with van der Waals surface area (Å²) in [5.41, 5.74) is 0. The molecule has 1 aromatic rings. The fourth-order valence-electron chi connectivity index (χ4n) is 1.35. The molecular formula is C7H9F2N3O. The highest BCUT2D eigenvalue weighted by molar-refractivity contribution is 5.25. The van der Waals surface area contributed by atoms with E-state index < -0.39 is 12.3 Å². The van der Waals surface area contributed by atoms with E-state index in [-0.39, 0.29) is 6.01 Å². The highest BCUT2D eigenvalue weighted by Crippen LogP contribution is 2.23. The van der Waals surface area contributed by atoms with Gasteiger partial charge in [-0.25, -0.2) is 0 Å². The summed E-state index contributed by atoms with van der Waals surface area (Å²) in [6.45, 7) is 1.62. The molecule has 0 spiro atoms. The average Bonchev–Trinajstić information content (AvgIpc) is 2.75. The number of nitrogens with zero attached hydrogens (tertiary/aromatic N) is 3. The lowest BCUT2D eigenvalue weighted by Crippen LogP contribution is -2.17. The minimum absolute atomic E-state index is 0.216. The van der Waals surface area contributed by atoms with Gasteiger partial charge in [0.05, 0.1) is 0 Å². The van der Waals surface area contributed by atoms with Gasteiger partial charge in [-0.3, -0.25) is 0 Å². The van der Waals surface area contributed by atoms with Crippen molar-refractivity contribution in [2.24, 2.45) is 0 Å². The van der Waals surface area contributed by atoms with E-state index in [0.29, 0.717) is 0 Å². The molecule has 0 N–H and O–H groups in total. The molecule has 0 aromatic carbocycles. The van der Waals surface area contributed by atoms with E-state index in [0.717, 1.165) is 25.9 Å². The topological polar surface area (TPSA) is 42.2 Å². The Bertz CT molecular complexity index is 283. The van der Waals surface area contributed by atoms with Crippen molar-refractivity contribution in [3.63, 3.8) is 0 Å². The molecule has 0 atom stereocenters. The molecule has 0 saturated carbocycles. The minimum Gasteiger partial charge on any atom is -0.402 e. The van der Waals surface area contributed by atoms with Crippen molar-refractivity contribution in [3.05, 3.63) is 5.89 Å². The zero-order valence-corrected chi connectivity index (χ0v) is 6.91. The lowest BCUT2D eigenvalue weighted by Gasteiger charge is -2.09. The molecule has 1 saturated heterocycles. The molecule has 0 amide bonds. The van der Waals surface area contributed by atoms with Gasteiger partial charge in [0.25, 0.3) is 5.89 Å². The van der Waals surface area contributed by atoms with E-state index in [9.17, 15) is 8.78 Å². The summed E-state index contributed by atoms with van der Waals surface area (Å²) in [4.78, 5) is 1.82. The number of alkyl halides is 2. The van der Waals surface area contributed by atoms with Crippen molar-refractivity contribution in [2.45, 2.75) is 19.3 Å². The van der Waals surface area contributed by atoms with E-state index in [1.807, 2.05) is 4.90 Å². The zero-order valence-electron chi connectivity index (χ0n) is 6.91. The summed E-state index contributed by atoms with van der Waals surface area (Å²) in [5, 5.41) is 6.80. The van der Waals surface area contributed by atoms with E-state index in [4.69, 9.17) is 4.42 Å². The summed E-state index contributed by atoms with van der Waals surface area (Å²) >= 11 is 0. The van der Waals surface area contributed by atoms with Crippen LogP contribution in [0.4, 0.5) is 14.8 Å². The van der Waals surface area contributed by atoms with Gasteiger partial charge in [-0.1, -0.05) is 5.10 Å². The van der Waals surface area contributed by atoms with Gasteiger partial charge in [0.2, 0.25) is 0 Å². The molecule has 1 aliphatic heterocycles. The Morgan fingerprint density at radius 3 is 2.46 bits per heavy atom. The molecule has 0 aliphatic carbocycles. The molecule has 0 bridgehead atoms. The van der Waals surface area contributed by atoms with E-state index >= 15 is 0 Å². The number of aromatic nitrogens is 2. The summed E-state index contributed by atoms with van der Waals surface area (Å²) < 4.78 is 28.9. The van der Waals surface area contributed by atoms with Crippen LogP contribution in [0.2, 0.25) is 0 Å². The fourth-order valence-corrected chi connectivity index (χ4v) is 1.35. The maximum Gasteiger partial charge on any atom is 0.318 e. The number of hydrogen-bond acceptors (Lipinski definition) is 4. The molecule has 0 radical (unpaired) electrons. The van der Waals surface area contributed by atoms with Crippen molar-refractivity contribution in [3.8, 4) is 0 Å². The molecule has 1 aromatic heterocycles. The highest BCUT2D eigenvalue weighted by Gasteiger charge is 2.21. The molecule has 0 unspecified atom stereocenters. The summed E-state index contributed by atoms with van der Waals surface area (Å²) in [7, 11) is 0. The number of halogens is 2. The third-order valence-corrected chi connectivity index (χ3v) is 1.99. The van der Waals surface area contributed by atoms with Crippen molar-refractivity contribution < 1.29 is 13.2 Å². The highest BCUT2D eigenvalue weighted by atomic mass is 19.3. The van der Waals surface area contributed by atoms with Crippen LogP contribution in [-0.4, -0.2) is 23.3 Å². The van der Waals surface area contributed by atoms with Crippen LogP contribution in [-0.2, 0) is 0 Å². The van der Waals surface area contributed by atoms with Crippen LogP contribution >= 0.6 is 0 Å². The molecule has 72 valence electrons. The Kier molecular flexibility index (Phi) is 2.12. The Labute approximate surface area is 73.5 Å². The van der Waals surface area contributed by atoms with E-state index in [1.165, 1.54) is 0 Å². The molecule has 6 heteroatoms. The fraction of sp³-hybridized carbons (Fsp3) is 0.714. The van der Waals surface area contributed by atoms with Gasteiger partial charge in [0.15, 0.2) is 0 Å². The molecule has 1 fully saturated rings. The van der Waals surface area contributed by atoms with Gasteiger partial charge in [0, 0.05) is 13.1 Å². The van der Waals surface area contributed by atoms with Crippen molar-refractivity contribution in [2.75, 3.05) is 18.0 Å². The van der Waals surface area contributed by atoms with Crippen molar-refractivity contribution in [1.29, 1.82) is 0 Å². The quantitative estimate of drug-likeness (QED) is 0.708. The summed E-state index contributed by atoms with van der Waals surface area (Å²) in [6.07, 6.45) is -0.581. The van der Waals surface area contributed by atoms with Gasteiger partial charge in [-0.2, -0.15) is 8.78 Å². The lowest BCUT2D eigenvalue weighted by molar-refractivity contribution is 0.115. The first-order chi connectivity index (χ1) is 6.27. The molecule has 1 aliphatic rings. The Morgan fingerprint density at radius 1 is 1.23 bits per heavy atom. The second kappa shape index (κ2) is 3.27. The summed E-state index contributed by atoms with van der Waals surface area (Å²) in [5.74, 6) is -0.595. The van der Waals surface area contributed by atoms with Crippen molar-refractivity contribution >= 4 is 6.01 Å². The lowest BCUT2D eigenvalue weighted by atomic mass is 10.4. The Morgan fingerprint density at radius 2 is 1.92 bits per heavy atom. The van der Waals surface area contributed by atoms with Crippen LogP contribution in [0.3, 0.4) is 0 Å². The normalized spacial score (nSPS) is 17.3. The minimum atomic E-state index is -2.68. The molecule has 13 heavy (non-hydrogen) atoms. The Balaban J connectivity index is 2.12. The third kappa shape index (κ3) is 1.61. The zero-order chi connectivity index (χ0) is 9.26.